The molecule has 2 rings (SSSR count). The highest BCUT2D eigenvalue weighted by Crippen LogP contribution is 2.39. The van der Waals surface area contributed by atoms with Gasteiger partial charge in [0.25, 0.3) is 0 Å². The Kier molecular flexibility index (Phi) is 2.84. The van der Waals surface area contributed by atoms with Crippen LogP contribution in [-0.2, 0) is 0 Å². The van der Waals surface area contributed by atoms with Crippen molar-refractivity contribution >= 4 is 22.9 Å². The van der Waals surface area contributed by atoms with Gasteiger partial charge < -0.3 is 5.11 Å². The molecule has 1 aliphatic carbocycles. The van der Waals surface area contributed by atoms with E-state index in [2.05, 4.69) is 24.9 Å². The largest absolute Gasteiger partial charge is 0.476 e. The van der Waals surface area contributed by atoms with Crippen molar-refractivity contribution in [1.29, 1.82) is 0 Å². The maximum atomic E-state index is 10.7. The number of hydrogen-bond acceptors (Lipinski definition) is 3. The lowest BCUT2D eigenvalue weighted by Gasteiger charge is -2.28. The van der Waals surface area contributed by atoms with Gasteiger partial charge >= 0.3 is 5.97 Å². The molecule has 0 atom stereocenters. The second-order valence-corrected chi connectivity index (χ2v) is 5.81. The van der Waals surface area contributed by atoms with Crippen LogP contribution in [0.2, 0.25) is 0 Å². The highest BCUT2D eigenvalue weighted by atomic mass is 32.1. The fraction of sp³-hybridized carbons (Fsp3) is 0.500. The average molecular weight is 237 g/mol. The number of hydrogen-bond donors (Lipinski definition) is 1. The maximum absolute atomic E-state index is 10.7. The summed E-state index contributed by atoms with van der Waals surface area (Å²) < 4.78 is 0. The van der Waals surface area contributed by atoms with Crippen LogP contribution in [0.5, 0.6) is 0 Å². The Morgan fingerprint density at radius 3 is 2.88 bits per heavy atom. The molecule has 4 heteroatoms. The van der Waals surface area contributed by atoms with Gasteiger partial charge in [0.05, 0.1) is 0 Å². The molecule has 1 aliphatic rings. The molecule has 1 aromatic heterocycles. The van der Waals surface area contributed by atoms with E-state index in [4.69, 9.17) is 5.11 Å². The quantitative estimate of drug-likeness (QED) is 0.857. The molecule has 16 heavy (non-hydrogen) atoms. The smallest absolute Gasteiger partial charge is 0.355 e. The van der Waals surface area contributed by atoms with E-state index < -0.39 is 5.97 Å². The molecule has 86 valence electrons. The summed E-state index contributed by atoms with van der Waals surface area (Å²) in [5.74, 6) is -0.946. The van der Waals surface area contributed by atoms with Gasteiger partial charge in [0.1, 0.15) is 5.01 Å². The van der Waals surface area contributed by atoms with Crippen molar-refractivity contribution < 1.29 is 9.90 Å². The number of carbonyl (C=O) groups is 1. The van der Waals surface area contributed by atoms with Crippen LogP contribution < -0.4 is 0 Å². The first-order valence-electron chi connectivity index (χ1n) is 5.36. The molecule has 1 aromatic rings. The molecule has 0 saturated heterocycles. The molecule has 3 nitrogen and oxygen atoms in total. The number of carboxylic acid groups (broad SMARTS) is 1. The molecule has 0 bridgehead atoms. The third-order valence-electron chi connectivity index (χ3n) is 2.88. The molecule has 0 radical (unpaired) electrons. The van der Waals surface area contributed by atoms with Crippen molar-refractivity contribution in [3.8, 4) is 0 Å². The van der Waals surface area contributed by atoms with Crippen molar-refractivity contribution in [2.45, 2.75) is 33.1 Å². The SMILES string of the molecule is CC1(C)CCC=C(c2nc(C(=O)O)cs2)C1. The fourth-order valence-electron chi connectivity index (χ4n) is 2.00. The number of aromatic carboxylic acids is 1. The summed E-state index contributed by atoms with van der Waals surface area (Å²) in [6.45, 7) is 4.48. The summed E-state index contributed by atoms with van der Waals surface area (Å²) in [5.41, 5.74) is 1.66. The van der Waals surface area contributed by atoms with Crippen LogP contribution in [0, 0.1) is 5.41 Å². The van der Waals surface area contributed by atoms with E-state index in [-0.39, 0.29) is 5.69 Å². The van der Waals surface area contributed by atoms with E-state index in [0.29, 0.717) is 5.41 Å². The minimum atomic E-state index is -0.946. The van der Waals surface area contributed by atoms with Gasteiger partial charge in [-0.1, -0.05) is 19.9 Å². The number of nitrogens with zero attached hydrogens (tertiary/aromatic N) is 1. The molecule has 0 spiro atoms. The minimum absolute atomic E-state index is 0.157. The topological polar surface area (TPSA) is 50.2 Å². The summed E-state index contributed by atoms with van der Waals surface area (Å²) in [4.78, 5) is 14.9. The number of thiazole rings is 1. The second-order valence-electron chi connectivity index (χ2n) is 4.95. The third kappa shape index (κ3) is 2.32. The van der Waals surface area contributed by atoms with E-state index in [9.17, 15) is 4.79 Å². The van der Waals surface area contributed by atoms with E-state index in [0.717, 1.165) is 17.8 Å². The zero-order valence-corrected chi connectivity index (χ0v) is 10.3. The Balaban J connectivity index is 2.24. The molecule has 0 aromatic carbocycles. The summed E-state index contributed by atoms with van der Waals surface area (Å²) in [6, 6.07) is 0. The Hall–Kier alpha value is -1.16. The molecule has 0 amide bonds. The molecule has 0 fully saturated rings. The first-order valence-corrected chi connectivity index (χ1v) is 6.24. The summed E-state index contributed by atoms with van der Waals surface area (Å²) in [6.07, 6.45) is 5.42. The summed E-state index contributed by atoms with van der Waals surface area (Å²) in [5, 5.41) is 11.3. The molecular weight excluding hydrogens is 222 g/mol. The molecule has 0 saturated carbocycles. The van der Waals surface area contributed by atoms with Crippen LogP contribution in [0.3, 0.4) is 0 Å². The molecule has 1 N–H and O–H groups in total. The third-order valence-corrected chi connectivity index (χ3v) is 3.80. The van der Waals surface area contributed by atoms with E-state index in [1.165, 1.54) is 23.3 Å². The standard InChI is InChI=1S/C12H15NO2S/c1-12(2)5-3-4-8(6-12)10-13-9(7-16-10)11(14)15/h4,7H,3,5-6H2,1-2H3,(H,14,15). The molecule has 1 heterocycles. The summed E-state index contributed by atoms with van der Waals surface area (Å²) >= 11 is 1.42. The van der Waals surface area contributed by atoms with Gasteiger partial charge in [0.15, 0.2) is 5.69 Å². The average Bonchev–Trinajstić information content (AvgIpc) is 2.64. The Labute approximate surface area is 98.8 Å². The van der Waals surface area contributed by atoms with E-state index in [1.807, 2.05) is 0 Å². The van der Waals surface area contributed by atoms with Crippen molar-refractivity contribution in [3.05, 3.63) is 22.2 Å². The minimum Gasteiger partial charge on any atom is -0.476 e. The number of rotatable bonds is 2. The van der Waals surface area contributed by atoms with Gasteiger partial charge in [-0.05, 0) is 30.3 Å². The van der Waals surface area contributed by atoms with Crippen molar-refractivity contribution in [2.75, 3.05) is 0 Å². The lowest BCUT2D eigenvalue weighted by Crippen LogP contribution is -2.15. The van der Waals surface area contributed by atoms with Gasteiger partial charge in [-0.3, -0.25) is 0 Å². The van der Waals surface area contributed by atoms with Crippen LogP contribution in [0.25, 0.3) is 5.57 Å². The van der Waals surface area contributed by atoms with Gasteiger partial charge in [-0.15, -0.1) is 11.3 Å². The molecule has 0 unspecified atom stereocenters. The second kappa shape index (κ2) is 4.01. The van der Waals surface area contributed by atoms with Gasteiger partial charge in [0.2, 0.25) is 0 Å². The summed E-state index contributed by atoms with van der Waals surface area (Å²) in [7, 11) is 0. The fourth-order valence-corrected chi connectivity index (χ4v) is 2.83. The van der Waals surface area contributed by atoms with Gasteiger partial charge in [-0.2, -0.15) is 0 Å². The van der Waals surface area contributed by atoms with Gasteiger partial charge in [0, 0.05) is 5.38 Å². The number of carboxylic acids is 1. The van der Waals surface area contributed by atoms with Crippen molar-refractivity contribution in [1.82, 2.24) is 4.98 Å². The molecule has 0 aliphatic heterocycles. The van der Waals surface area contributed by atoms with Crippen LogP contribution >= 0.6 is 11.3 Å². The zero-order chi connectivity index (χ0) is 11.8. The van der Waals surface area contributed by atoms with Crippen LogP contribution in [0.4, 0.5) is 0 Å². The molecular formula is C12H15NO2S. The Morgan fingerprint density at radius 1 is 1.56 bits per heavy atom. The highest BCUT2D eigenvalue weighted by molar-refractivity contribution is 7.11. The van der Waals surface area contributed by atoms with Crippen LogP contribution in [0.1, 0.15) is 48.6 Å². The van der Waals surface area contributed by atoms with Crippen molar-refractivity contribution in [2.24, 2.45) is 5.41 Å². The van der Waals surface area contributed by atoms with Crippen molar-refractivity contribution in [3.63, 3.8) is 0 Å². The normalized spacial score (nSPS) is 19.2. The highest BCUT2D eigenvalue weighted by Gasteiger charge is 2.25. The Bertz CT molecular complexity index is 446. The predicted molar refractivity (Wildman–Crippen MR) is 64.7 cm³/mol. The maximum Gasteiger partial charge on any atom is 0.355 e. The number of aromatic nitrogens is 1. The van der Waals surface area contributed by atoms with Crippen LogP contribution in [-0.4, -0.2) is 16.1 Å². The Morgan fingerprint density at radius 2 is 2.31 bits per heavy atom. The predicted octanol–water partition coefficient (Wildman–Crippen LogP) is 3.43. The monoisotopic (exact) mass is 237 g/mol. The van der Waals surface area contributed by atoms with Crippen LogP contribution in [0.15, 0.2) is 11.5 Å². The van der Waals surface area contributed by atoms with E-state index >= 15 is 0 Å². The van der Waals surface area contributed by atoms with E-state index in [1.54, 1.807) is 5.38 Å². The zero-order valence-electron chi connectivity index (χ0n) is 9.49. The first-order chi connectivity index (χ1) is 7.48. The lowest BCUT2D eigenvalue weighted by atomic mass is 9.77. The lowest BCUT2D eigenvalue weighted by molar-refractivity contribution is 0.0691. The number of allylic oxidation sites excluding steroid dienone is 2. The first kappa shape index (κ1) is 11.3. The van der Waals surface area contributed by atoms with Gasteiger partial charge in [-0.25, -0.2) is 9.78 Å².